The van der Waals surface area contributed by atoms with Gasteiger partial charge in [-0.25, -0.2) is 4.39 Å². The molecule has 0 bridgehead atoms. The van der Waals surface area contributed by atoms with Crippen molar-refractivity contribution in [2.24, 2.45) is 11.1 Å². The summed E-state index contributed by atoms with van der Waals surface area (Å²) < 4.78 is 13.9. The Kier molecular flexibility index (Phi) is 5.23. The van der Waals surface area contributed by atoms with E-state index in [1.807, 2.05) is 0 Å². The average molecular weight is 284 g/mol. The van der Waals surface area contributed by atoms with Crippen molar-refractivity contribution in [1.29, 1.82) is 0 Å². The molecule has 2 N–H and O–H groups in total. The molecule has 1 fully saturated rings. The lowest BCUT2D eigenvalue weighted by molar-refractivity contribution is 0.215. The molecule has 1 aromatic carbocycles. The first-order valence-corrected chi connectivity index (χ1v) is 7.67. The summed E-state index contributed by atoms with van der Waals surface area (Å²) in [6.45, 7) is 0.638. The van der Waals surface area contributed by atoms with Gasteiger partial charge in [-0.2, -0.15) is 0 Å². The van der Waals surface area contributed by atoms with Crippen molar-refractivity contribution >= 4 is 11.6 Å². The van der Waals surface area contributed by atoms with Crippen molar-refractivity contribution < 1.29 is 4.39 Å². The van der Waals surface area contributed by atoms with Gasteiger partial charge in [0.1, 0.15) is 5.82 Å². The largest absolute Gasteiger partial charge is 0.330 e. The zero-order chi connectivity index (χ0) is 13.7. The van der Waals surface area contributed by atoms with Gasteiger partial charge < -0.3 is 5.73 Å². The first-order valence-electron chi connectivity index (χ1n) is 7.29. The lowest BCUT2D eigenvalue weighted by Crippen LogP contribution is -2.34. The molecule has 0 heterocycles. The number of hydrogen-bond acceptors (Lipinski definition) is 1. The van der Waals surface area contributed by atoms with Gasteiger partial charge in [-0.15, -0.1) is 0 Å². The van der Waals surface area contributed by atoms with Crippen molar-refractivity contribution in [1.82, 2.24) is 0 Å². The van der Waals surface area contributed by atoms with Crippen molar-refractivity contribution in [3.8, 4) is 0 Å². The minimum atomic E-state index is -0.153. The summed E-state index contributed by atoms with van der Waals surface area (Å²) >= 11 is 5.98. The van der Waals surface area contributed by atoms with Crippen LogP contribution in [0.25, 0.3) is 0 Å². The summed E-state index contributed by atoms with van der Waals surface area (Å²) in [5, 5.41) is 0.606. The molecular formula is C16H23ClFN. The van der Waals surface area contributed by atoms with Gasteiger partial charge in [-0.05, 0) is 55.0 Å². The number of rotatable bonds is 3. The third-order valence-corrected chi connectivity index (χ3v) is 4.66. The maximum absolute atomic E-state index is 13.9. The van der Waals surface area contributed by atoms with Crippen LogP contribution in [0.5, 0.6) is 0 Å². The van der Waals surface area contributed by atoms with Crippen LogP contribution >= 0.6 is 11.6 Å². The fourth-order valence-corrected chi connectivity index (χ4v) is 3.39. The topological polar surface area (TPSA) is 26.0 Å². The molecule has 1 aliphatic rings. The fraction of sp³-hybridized carbons (Fsp3) is 0.625. The minimum absolute atomic E-state index is 0.0615. The summed E-state index contributed by atoms with van der Waals surface area (Å²) in [7, 11) is 0. The van der Waals surface area contributed by atoms with Crippen molar-refractivity contribution in [3.63, 3.8) is 0 Å². The Bertz CT molecular complexity index is 411. The van der Waals surface area contributed by atoms with Gasteiger partial charge in [0.25, 0.3) is 0 Å². The third kappa shape index (κ3) is 3.93. The average Bonchev–Trinajstić information content (AvgIpc) is 2.37. The molecule has 1 aromatic rings. The van der Waals surface area contributed by atoms with E-state index in [4.69, 9.17) is 17.3 Å². The molecule has 0 saturated heterocycles. The molecule has 106 valence electrons. The van der Waals surface area contributed by atoms with Crippen LogP contribution < -0.4 is 5.73 Å². The van der Waals surface area contributed by atoms with Gasteiger partial charge in [0.2, 0.25) is 0 Å². The molecule has 1 saturated carbocycles. The molecule has 1 nitrogen and oxygen atoms in total. The maximum Gasteiger partial charge on any atom is 0.126 e. The highest BCUT2D eigenvalue weighted by Gasteiger charge is 2.30. The van der Waals surface area contributed by atoms with E-state index in [9.17, 15) is 4.39 Å². The molecule has 0 spiro atoms. The SMILES string of the molecule is NCC1(Cc2cc(Cl)ccc2F)CCCCCCC1. The number of halogens is 2. The summed E-state index contributed by atoms with van der Waals surface area (Å²) in [6, 6.07) is 4.82. The van der Waals surface area contributed by atoms with Gasteiger partial charge >= 0.3 is 0 Å². The molecule has 0 radical (unpaired) electrons. The van der Waals surface area contributed by atoms with Gasteiger partial charge in [-0.1, -0.05) is 43.7 Å². The molecular weight excluding hydrogens is 261 g/mol. The molecule has 1 aliphatic carbocycles. The highest BCUT2D eigenvalue weighted by Crippen LogP contribution is 2.37. The summed E-state index contributed by atoms with van der Waals surface area (Å²) in [5.74, 6) is -0.153. The summed E-state index contributed by atoms with van der Waals surface area (Å²) in [4.78, 5) is 0. The van der Waals surface area contributed by atoms with Gasteiger partial charge in [-0.3, -0.25) is 0 Å². The Morgan fingerprint density at radius 1 is 1.11 bits per heavy atom. The normalized spacial score (nSPS) is 19.7. The molecule has 0 aliphatic heterocycles. The highest BCUT2D eigenvalue weighted by atomic mass is 35.5. The smallest absolute Gasteiger partial charge is 0.126 e. The van der Waals surface area contributed by atoms with Crippen LogP contribution in [0, 0.1) is 11.2 Å². The number of benzene rings is 1. The van der Waals surface area contributed by atoms with Crippen LogP contribution in [0.15, 0.2) is 18.2 Å². The van der Waals surface area contributed by atoms with Crippen LogP contribution in [0.2, 0.25) is 5.02 Å². The predicted octanol–water partition coefficient (Wildman–Crippen LogP) is 4.71. The predicted molar refractivity (Wildman–Crippen MR) is 78.9 cm³/mol. The van der Waals surface area contributed by atoms with E-state index < -0.39 is 0 Å². The molecule has 2 rings (SSSR count). The second kappa shape index (κ2) is 6.71. The number of nitrogens with two attached hydrogens (primary N) is 1. The van der Waals surface area contributed by atoms with Crippen molar-refractivity contribution in [2.45, 2.75) is 51.4 Å². The monoisotopic (exact) mass is 283 g/mol. The van der Waals surface area contributed by atoms with E-state index in [0.717, 1.165) is 24.8 Å². The second-order valence-electron chi connectivity index (χ2n) is 5.88. The first kappa shape index (κ1) is 14.8. The van der Waals surface area contributed by atoms with Gasteiger partial charge in [0.15, 0.2) is 0 Å². The lowest BCUT2D eigenvalue weighted by atomic mass is 9.72. The second-order valence-corrected chi connectivity index (χ2v) is 6.32. The van der Waals surface area contributed by atoms with Crippen LogP contribution in [0.1, 0.15) is 50.5 Å². The van der Waals surface area contributed by atoms with Crippen molar-refractivity contribution in [3.05, 3.63) is 34.6 Å². The summed E-state index contributed by atoms with van der Waals surface area (Å²) in [5.41, 5.74) is 6.82. The Labute approximate surface area is 120 Å². The molecule has 3 heteroatoms. The molecule has 0 atom stereocenters. The van der Waals surface area contributed by atoms with Gasteiger partial charge in [0, 0.05) is 5.02 Å². The Hall–Kier alpha value is -0.600. The van der Waals surface area contributed by atoms with E-state index in [2.05, 4.69) is 0 Å². The highest BCUT2D eigenvalue weighted by molar-refractivity contribution is 6.30. The number of hydrogen-bond donors (Lipinski definition) is 1. The lowest BCUT2D eigenvalue weighted by Gasteiger charge is -2.34. The van der Waals surface area contributed by atoms with Crippen LogP contribution in [0.4, 0.5) is 4.39 Å². The zero-order valence-electron chi connectivity index (χ0n) is 11.4. The van der Waals surface area contributed by atoms with E-state index in [1.54, 1.807) is 12.1 Å². The van der Waals surface area contributed by atoms with Crippen LogP contribution in [-0.2, 0) is 6.42 Å². The Balaban J connectivity index is 2.18. The maximum atomic E-state index is 13.9. The quantitative estimate of drug-likeness (QED) is 0.854. The molecule has 19 heavy (non-hydrogen) atoms. The van der Waals surface area contributed by atoms with Crippen molar-refractivity contribution in [2.75, 3.05) is 6.54 Å². The Morgan fingerprint density at radius 2 is 1.74 bits per heavy atom. The van der Waals surface area contributed by atoms with E-state index in [-0.39, 0.29) is 11.2 Å². The van der Waals surface area contributed by atoms with E-state index >= 15 is 0 Å². The molecule has 0 unspecified atom stereocenters. The zero-order valence-corrected chi connectivity index (χ0v) is 12.2. The molecule has 0 aromatic heterocycles. The fourth-order valence-electron chi connectivity index (χ4n) is 3.19. The minimum Gasteiger partial charge on any atom is -0.330 e. The van der Waals surface area contributed by atoms with Gasteiger partial charge in [0.05, 0.1) is 0 Å². The van der Waals surface area contributed by atoms with E-state index in [1.165, 1.54) is 38.2 Å². The Morgan fingerprint density at radius 3 is 2.37 bits per heavy atom. The van der Waals surface area contributed by atoms with Crippen LogP contribution in [0.3, 0.4) is 0 Å². The standard InChI is InChI=1S/C16H23ClFN/c17-14-6-7-15(18)13(10-14)11-16(12-19)8-4-2-1-3-5-9-16/h6-7,10H,1-5,8-9,11-12,19H2. The van der Waals surface area contributed by atoms with E-state index in [0.29, 0.717) is 11.6 Å². The molecule has 0 amide bonds. The summed E-state index contributed by atoms with van der Waals surface area (Å²) in [6.07, 6.45) is 9.23. The first-order chi connectivity index (χ1) is 9.15. The van der Waals surface area contributed by atoms with Crippen LogP contribution in [-0.4, -0.2) is 6.54 Å². The third-order valence-electron chi connectivity index (χ3n) is 4.42.